The Morgan fingerprint density at radius 3 is 2.41 bits per heavy atom. The van der Waals surface area contributed by atoms with Crippen LogP contribution >= 0.6 is 11.8 Å². The fourth-order valence-corrected chi connectivity index (χ4v) is 1.63. The summed E-state index contributed by atoms with van der Waals surface area (Å²) in [6, 6.07) is 6.06. The van der Waals surface area contributed by atoms with Crippen molar-refractivity contribution in [1.82, 2.24) is 5.32 Å². The lowest BCUT2D eigenvalue weighted by Crippen LogP contribution is -2.05. The van der Waals surface area contributed by atoms with E-state index in [0.29, 0.717) is 0 Å². The summed E-state index contributed by atoms with van der Waals surface area (Å²) in [5.41, 5.74) is -3.51. The first-order valence-corrected chi connectivity index (χ1v) is 5.82. The molecular formula is C12H12F3NS. The fourth-order valence-electron chi connectivity index (χ4n) is 1.09. The Hall–Kier alpha value is -1.12. The van der Waals surface area contributed by atoms with E-state index in [-0.39, 0.29) is 16.7 Å². The van der Waals surface area contributed by atoms with Crippen molar-refractivity contribution in [2.45, 2.75) is 16.8 Å². The van der Waals surface area contributed by atoms with E-state index in [1.54, 1.807) is 12.1 Å². The van der Waals surface area contributed by atoms with Crippen molar-refractivity contribution >= 4 is 11.8 Å². The highest BCUT2D eigenvalue weighted by molar-refractivity contribution is 8.00. The normalized spacial score (nSPS) is 10.8. The predicted octanol–water partition coefficient (Wildman–Crippen LogP) is 3.26. The van der Waals surface area contributed by atoms with Crippen LogP contribution in [0.15, 0.2) is 29.2 Å². The molecule has 0 saturated heterocycles. The molecule has 5 heteroatoms. The molecule has 17 heavy (non-hydrogen) atoms. The van der Waals surface area contributed by atoms with Gasteiger partial charge in [0.05, 0.1) is 0 Å². The Bertz CT molecular complexity index is 400. The van der Waals surface area contributed by atoms with Gasteiger partial charge in [0.1, 0.15) is 0 Å². The number of thioether (sulfide) groups is 1. The molecule has 0 heterocycles. The van der Waals surface area contributed by atoms with Crippen LogP contribution < -0.4 is 5.32 Å². The molecule has 0 aliphatic heterocycles. The Balaban J connectivity index is 2.58. The number of hydrogen-bond donors (Lipinski definition) is 1. The largest absolute Gasteiger partial charge is 0.446 e. The van der Waals surface area contributed by atoms with Crippen LogP contribution in [0.3, 0.4) is 0 Å². The van der Waals surface area contributed by atoms with Crippen LogP contribution in [-0.4, -0.2) is 19.1 Å². The third-order valence-corrected chi connectivity index (χ3v) is 2.56. The van der Waals surface area contributed by atoms with Gasteiger partial charge in [0.15, 0.2) is 0 Å². The van der Waals surface area contributed by atoms with E-state index < -0.39 is 5.51 Å². The summed E-state index contributed by atoms with van der Waals surface area (Å²) in [4.78, 5) is 0.179. The molecule has 1 rings (SSSR count). The molecule has 0 saturated carbocycles. The Morgan fingerprint density at radius 1 is 1.24 bits per heavy atom. The second kappa shape index (κ2) is 6.58. The average molecular weight is 259 g/mol. The first-order chi connectivity index (χ1) is 8.01. The number of rotatable bonds is 3. The molecule has 1 nitrogen and oxygen atoms in total. The van der Waals surface area contributed by atoms with Gasteiger partial charge in [0, 0.05) is 23.4 Å². The molecule has 0 bridgehead atoms. The summed E-state index contributed by atoms with van der Waals surface area (Å²) in [6.07, 6.45) is 0.718. The van der Waals surface area contributed by atoms with Crippen molar-refractivity contribution in [3.63, 3.8) is 0 Å². The molecule has 1 aromatic carbocycles. The monoisotopic (exact) mass is 259 g/mol. The molecule has 0 amide bonds. The SMILES string of the molecule is CNCCC#Cc1ccc(SC(F)(F)F)cc1. The van der Waals surface area contributed by atoms with Crippen molar-refractivity contribution in [2.24, 2.45) is 0 Å². The van der Waals surface area contributed by atoms with Gasteiger partial charge in [-0.05, 0) is 43.1 Å². The second-order valence-corrected chi connectivity index (χ2v) is 4.37. The van der Waals surface area contributed by atoms with E-state index in [1.807, 2.05) is 7.05 Å². The van der Waals surface area contributed by atoms with Crippen LogP contribution in [0.2, 0.25) is 0 Å². The number of halogens is 3. The molecule has 1 N–H and O–H groups in total. The molecule has 0 fully saturated rings. The van der Waals surface area contributed by atoms with Crippen LogP contribution in [0.25, 0.3) is 0 Å². The predicted molar refractivity (Wildman–Crippen MR) is 63.8 cm³/mol. The summed E-state index contributed by atoms with van der Waals surface area (Å²) in [6.45, 7) is 0.801. The zero-order valence-electron chi connectivity index (χ0n) is 9.27. The average Bonchev–Trinajstić information content (AvgIpc) is 2.25. The lowest BCUT2D eigenvalue weighted by Gasteiger charge is -2.04. The van der Waals surface area contributed by atoms with E-state index in [4.69, 9.17) is 0 Å². The van der Waals surface area contributed by atoms with Crippen molar-refractivity contribution in [3.8, 4) is 11.8 Å². The lowest BCUT2D eigenvalue weighted by atomic mass is 10.2. The van der Waals surface area contributed by atoms with Crippen LogP contribution in [-0.2, 0) is 0 Å². The summed E-state index contributed by atoms with van der Waals surface area (Å²) < 4.78 is 36.2. The molecule has 1 aromatic rings. The van der Waals surface area contributed by atoms with Gasteiger partial charge < -0.3 is 5.32 Å². The maximum atomic E-state index is 12.1. The number of benzene rings is 1. The minimum atomic E-state index is -4.24. The van der Waals surface area contributed by atoms with Crippen LogP contribution in [0.4, 0.5) is 13.2 Å². The minimum Gasteiger partial charge on any atom is -0.319 e. The van der Waals surface area contributed by atoms with Crippen molar-refractivity contribution in [1.29, 1.82) is 0 Å². The Kier molecular flexibility index (Phi) is 5.39. The molecule has 0 spiro atoms. The topological polar surface area (TPSA) is 12.0 Å². The van der Waals surface area contributed by atoms with Crippen molar-refractivity contribution in [2.75, 3.05) is 13.6 Å². The van der Waals surface area contributed by atoms with Gasteiger partial charge >= 0.3 is 5.51 Å². The van der Waals surface area contributed by atoms with Gasteiger partial charge in [-0.25, -0.2) is 0 Å². The maximum absolute atomic E-state index is 12.1. The highest BCUT2D eigenvalue weighted by atomic mass is 32.2. The van der Waals surface area contributed by atoms with Gasteiger partial charge in [0.25, 0.3) is 0 Å². The van der Waals surface area contributed by atoms with E-state index in [0.717, 1.165) is 18.5 Å². The molecule has 0 aliphatic rings. The molecular weight excluding hydrogens is 247 g/mol. The van der Waals surface area contributed by atoms with Gasteiger partial charge in [-0.2, -0.15) is 13.2 Å². The quantitative estimate of drug-likeness (QED) is 0.508. The first kappa shape index (κ1) is 13.9. The maximum Gasteiger partial charge on any atom is 0.446 e. The van der Waals surface area contributed by atoms with E-state index in [2.05, 4.69) is 17.2 Å². The number of hydrogen-bond acceptors (Lipinski definition) is 2. The van der Waals surface area contributed by atoms with Gasteiger partial charge in [-0.1, -0.05) is 11.8 Å². The molecule has 0 radical (unpaired) electrons. The first-order valence-electron chi connectivity index (χ1n) is 5.00. The van der Waals surface area contributed by atoms with Crippen molar-refractivity contribution in [3.05, 3.63) is 29.8 Å². The van der Waals surface area contributed by atoms with E-state index in [9.17, 15) is 13.2 Å². The third kappa shape index (κ3) is 6.25. The highest BCUT2D eigenvalue weighted by Crippen LogP contribution is 2.36. The van der Waals surface area contributed by atoms with E-state index in [1.165, 1.54) is 12.1 Å². The molecule has 0 unspecified atom stereocenters. The summed E-state index contributed by atoms with van der Waals surface area (Å²) in [5.74, 6) is 5.82. The molecule has 92 valence electrons. The Labute approximate surface area is 103 Å². The van der Waals surface area contributed by atoms with Gasteiger partial charge in [-0.3, -0.25) is 0 Å². The molecule has 0 aliphatic carbocycles. The zero-order valence-corrected chi connectivity index (χ0v) is 10.1. The van der Waals surface area contributed by atoms with Crippen LogP contribution in [0.5, 0.6) is 0 Å². The fraction of sp³-hybridized carbons (Fsp3) is 0.333. The van der Waals surface area contributed by atoms with Crippen LogP contribution in [0.1, 0.15) is 12.0 Å². The summed E-state index contributed by atoms with van der Waals surface area (Å²) in [5, 5.41) is 2.96. The van der Waals surface area contributed by atoms with Gasteiger partial charge in [-0.15, -0.1) is 0 Å². The summed E-state index contributed by atoms with van der Waals surface area (Å²) >= 11 is -0.117. The standard InChI is InChI=1S/C12H12F3NS/c1-16-9-3-2-4-10-5-7-11(8-6-10)17-12(13,14)15/h5-8,16H,3,9H2,1H3. The lowest BCUT2D eigenvalue weighted by molar-refractivity contribution is -0.0328. The minimum absolute atomic E-state index is 0.117. The number of nitrogens with one attached hydrogen (secondary N) is 1. The summed E-state index contributed by atoms with van der Waals surface area (Å²) in [7, 11) is 1.84. The zero-order chi connectivity index (χ0) is 12.7. The smallest absolute Gasteiger partial charge is 0.319 e. The van der Waals surface area contributed by atoms with Crippen LogP contribution in [0, 0.1) is 11.8 Å². The third-order valence-electron chi connectivity index (χ3n) is 1.82. The number of alkyl halides is 3. The highest BCUT2D eigenvalue weighted by Gasteiger charge is 2.28. The van der Waals surface area contributed by atoms with Crippen molar-refractivity contribution < 1.29 is 13.2 Å². The van der Waals surface area contributed by atoms with Gasteiger partial charge in [0.2, 0.25) is 0 Å². The molecule has 0 atom stereocenters. The second-order valence-electron chi connectivity index (χ2n) is 3.23. The molecule has 0 aromatic heterocycles. The van der Waals surface area contributed by atoms with E-state index >= 15 is 0 Å². The Morgan fingerprint density at radius 2 is 1.88 bits per heavy atom.